The average Bonchev–Trinajstić information content (AvgIpc) is 3.50. The van der Waals surface area contributed by atoms with Crippen LogP contribution in [0.3, 0.4) is 0 Å². The van der Waals surface area contributed by atoms with Crippen LogP contribution < -0.4 is 4.74 Å². The zero-order valence-corrected chi connectivity index (χ0v) is 31.2. The van der Waals surface area contributed by atoms with Gasteiger partial charge in [0.25, 0.3) is 0 Å². The van der Waals surface area contributed by atoms with Gasteiger partial charge in [0.05, 0.1) is 37.9 Å². The molecule has 4 aromatic carbocycles. The van der Waals surface area contributed by atoms with E-state index in [0.717, 1.165) is 33.6 Å². The van der Waals surface area contributed by atoms with Crippen molar-refractivity contribution < 1.29 is 33.2 Å². The smallest absolute Gasteiger partial charge is 0.311 e. The molecule has 0 amide bonds. The van der Waals surface area contributed by atoms with Crippen LogP contribution in [0.5, 0.6) is 5.75 Å². The van der Waals surface area contributed by atoms with Crippen LogP contribution in [0.25, 0.3) is 0 Å². The van der Waals surface area contributed by atoms with Crippen molar-refractivity contribution in [3.8, 4) is 5.75 Å². The predicted octanol–water partition coefficient (Wildman–Crippen LogP) is 9.07. The highest BCUT2D eigenvalue weighted by atomic mass is 35.5. The number of benzene rings is 4. The maximum Gasteiger partial charge on any atom is 0.311 e. The monoisotopic (exact) mass is 712 g/mol. The van der Waals surface area contributed by atoms with E-state index in [1.54, 1.807) is 0 Å². The average molecular weight is 713 g/mol. The zero-order chi connectivity index (χ0) is 36.2. The fraction of sp³-hybridized carbons (Fsp3) is 0.419. The topological polar surface area (TPSA) is 72.5 Å². The number of carbonyl (C=O) groups excluding carboxylic acids is 1. The SMILES string of the molecule is CCOc1ccc(Cc2cc([C@]34OC[C@](C(C)OC(=O)C(C)(C)C)(O3)[C@@H](C)[C@H](OCc3ccccc3)[C@H]4OCc3ccccc3)ccc2Cl)cc1. The first kappa shape index (κ1) is 37.1. The minimum atomic E-state index is -1.40. The summed E-state index contributed by atoms with van der Waals surface area (Å²) in [5.41, 5.74) is 3.05. The molecule has 0 radical (unpaired) electrons. The number of halogens is 1. The van der Waals surface area contributed by atoms with Gasteiger partial charge in [-0.1, -0.05) is 97.4 Å². The highest BCUT2D eigenvalue weighted by Gasteiger charge is 2.70. The van der Waals surface area contributed by atoms with E-state index in [1.807, 2.05) is 138 Å². The van der Waals surface area contributed by atoms with E-state index in [2.05, 4.69) is 6.92 Å². The molecule has 2 heterocycles. The summed E-state index contributed by atoms with van der Waals surface area (Å²) in [6.45, 7) is 12.9. The Bertz CT molecular complexity index is 1760. The van der Waals surface area contributed by atoms with Crippen LogP contribution in [-0.4, -0.2) is 43.1 Å². The summed E-state index contributed by atoms with van der Waals surface area (Å²) >= 11 is 6.87. The summed E-state index contributed by atoms with van der Waals surface area (Å²) in [5, 5.41) is 0.628. The standard InChI is InChI=1S/C43H49ClO7/c1-7-46-36-21-18-31(19-22-36)24-34-25-35(20-23-37(34)44)43-39(48-27-33-16-12-9-13-17-33)38(47-26-32-14-10-8-11-15-32)29(2)42(51-43,28-49-43)30(3)50-40(45)41(4,5)6/h8-23,25,29-30,38-39H,7,24,26-28H2,1-6H3/t29-,30?,38-,39+,42-,43-/m0/s1. The summed E-state index contributed by atoms with van der Waals surface area (Å²) in [6.07, 6.45) is -1.28. The zero-order valence-electron chi connectivity index (χ0n) is 30.4. The lowest BCUT2D eigenvalue weighted by molar-refractivity contribution is -0.343. The van der Waals surface area contributed by atoms with Crippen molar-refractivity contribution in [2.75, 3.05) is 13.2 Å². The number of esters is 1. The van der Waals surface area contributed by atoms with Gasteiger partial charge < -0.3 is 28.4 Å². The van der Waals surface area contributed by atoms with Gasteiger partial charge in [-0.15, -0.1) is 0 Å². The first-order chi connectivity index (χ1) is 24.4. The molecule has 8 heteroatoms. The molecular formula is C43H49ClO7. The fourth-order valence-corrected chi connectivity index (χ4v) is 7.16. The molecule has 0 aromatic heterocycles. The van der Waals surface area contributed by atoms with Crippen LogP contribution in [0.2, 0.25) is 5.02 Å². The minimum absolute atomic E-state index is 0.167. The van der Waals surface area contributed by atoms with Crippen LogP contribution in [0.15, 0.2) is 103 Å². The summed E-state index contributed by atoms with van der Waals surface area (Å²) < 4.78 is 39.8. The number of ether oxygens (including phenoxy) is 6. The first-order valence-corrected chi connectivity index (χ1v) is 18.2. The molecule has 0 spiro atoms. The lowest BCUT2D eigenvalue weighted by Gasteiger charge is -2.52. The van der Waals surface area contributed by atoms with Crippen molar-refractivity contribution in [2.24, 2.45) is 11.3 Å². The molecule has 7 nitrogen and oxygen atoms in total. The molecular weight excluding hydrogens is 664 g/mol. The van der Waals surface area contributed by atoms with E-state index in [-0.39, 0.29) is 18.5 Å². The minimum Gasteiger partial charge on any atom is -0.494 e. The molecule has 6 atom stereocenters. The molecule has 2 aliphatic rings. The van der Waals surface area contributed by atoms with Gasteiger partial charge in [-0.25, -0.2) is 0 Å². The van der Waals surface area contributed by atoms with Crippen molar-refractivity contribution in [1.82, 2.24) is 0 Å². The van der Waals surface area contributed by atoms with Gasteiger partial charge in [-0.2, -0.15) is 0 Å². The molecule has 2 aliphatic heterocycles. The van der Waals surface area contributed by atoms with Gasteiger partial charge in [0.15, 0.2) is 0 Å². The van der Waals surface area contributed by atoms with Crippen molar-refractivity contribution in [2.45, 2.75) is 90.9 Å². The second-order valence-electron chi connectivity index (χ2n) is 14.6. The Morgan fingerprint density at radius 1 is 0.882 bits per heavy atom. The van der Waals surface area contributed by atoms with Crippen LogP contribution >= 0.6 is 11.6 Å². The molecule has 0 N–H and O–H groups in total. The Morgan fingerprint density at radius 2 is 1.51 bits per heavy atom. The van der Waals surface area contributed by atoms with E-state index in [0.29, 0.717) is 31.3 Å². The van der Waals surface area contributed by atoms with Crippen molar-refractivity contribution in [3.63, 3.8) is 0 Å². The Labute approximate surface area is 307 Å². The molecule has 2 fully saturated rings. The van der Waals surface area contributed by atoms with Crippen LogP contribution in [-0.2, 0) is 53.9 Å². The maximum absolute atomic E-state index is 13.3. The second-order valence-corrected chi connectivity index (χ2v) is 15.0. The molecule has 1 unspecified atom stereocenters. The van der Waals surface area contributed by atoms with Gasteiger partial charge in [-0.05, 0) is 87.6 Å². The lowest BCUT2D eigenvalue weighted by atomic mass is 9.75. The Balaban J connectivity index is 1.42. The van der Waals surface area contributed by atoms with Gasteiger partial charge in [0.2, 0.25) is 5.79 Å². The van der Waals surface area contributed by atoms with Gasteiger partial charge >= 0.3 is 5.97 Å². The predicted molar refractivity (Wildman–Crippen MR) is 198 cm³/mol. The number of hydrogen-bond donors (Lipinski definition) is 0. The van der Waals surface area contributed by atoms with Crippen LogP contribution in [0.1, 0.15) is 69.4 Å². The van der Waals surface area contributed by atoms with Gasteiger partial charge in [-0.3, -0.25) is 4.79 Å². The molecule has 270 valence electrons. The van der Waals surface area contributed by atoms with Crippen molar-refractivity contribution in [3.05, 3.63) is 136 Å². The van der Waals surface area contributed by atoms with Crippen molar-refractivity contribution in [1.29, 1.82) is 0 Å². The Morgan fingerprint density at radius 3 is 2.12 bits per heavy atom. The highest BCUT2D eigenvalue weighted by Crippen LogP contribution is 2.56. The van der Waals surface area contributed by atoms with Gasteiger partial charge in [0.1, 0.15) is 23.6 Å². The molecule has 0 aliphatic carbocycles. The normalized spacial score (nSPS) is 25.0. The van der Waals surface area contributed by atoms with E-state index in [1.165, 1.54) is 0 Å². The Kier molecular flexibility index (Phi) is 11.2. The lowest BCUT2D eigenvalue weighted by Crippen LogP contribution is -2.65. The Hall–Kier alpha value is -3.72. The largest absolute Gasteiger partial charge is 0.494 e. The third-order valence-electron chi connectivity index (χ3n) is 10.0. The summed E-state index contributed by atoms with van der Waals surface area (Å²) in [5.74, 6) is -1.19. The van der Waals surface area contributed by atoms with Crippen LogP contribution in [0.4, 0.5) is 0 Å². The third-order valence-corrected chi connectivity index (χ3v) is 10.4. The first-order valence-electron chi connectivity index (χ1n) is 17.8. The number of hydrogen-bond acceptors (Lipinski definition) is 7. The molecule has 2 bridgehead atoms. The summed E-state index contributed by atoms with van der Waals surface area (Å²) in [6, 6.07) is 34.0. The molecule has 4 aromatic rings. The molecule has 0 saturated carbocycles. The number of fused-ring (bicyclic) bond motifs is 2. The molecule has 2 saturated heterocycles. The summed E-state index contributed by atoms with van der Waals surface area (Å²) in [7, 11) is 0. The number of carbonyl (C=O) groups is 1. The second kappa shape index (κ2) is 15.5. The molecule has 51 heavy (non-hydrogen) atoms. The van der Waals surface area contributed by atoms with E-state index in [9.17, 15) is 4.79 Å². The summed E-state index contributed by atoms with van der Waals surface area (Å²) in [4.78, 5) is 13.3. The highest BCUT2D eigenvalue weighted by molar-refractivity contribution is 6.31. The number of rotatable bonds is 13. The van der Waals surface area contributed by atoms with Crippen LogP contribution in [0, 0.1) is 11.3 Å². The fourth-order valence-electron chi connectivity index (χ4n) is 6.98. The van der Waals surface area contributed by atoms with Gasteiger partial charge in [0, 0.05) is 16.5 Å². The van der Waals surface area contributed by atoms with E-state index in [4.69, 9.17) is 40.0 Å². The van der Waals surface area contributed by atoms with E-state index < -0.39 is 35.1 Å². The quantitative estimate of drug-likeness (QED) is 0.128. The van der Waals surface area contributed by atoms with Crippen molar-refractivity contribution >= 4 is 17.6 Å². The molecule has 6 rings (SSSR count). The van der Waals surface area contributed by atoms with E-state index >= 15 is 0 Å². The maximum atomic E-state index is 13.3. The third kappa shape index (κ3) is 7.88.